The van der Waals surface area contributed by atoms with Crippen molar-refractivity contribution in [3.8, 4) is 0 Å². The van der Waals surface area contributed by atoms with Gasteiger partial charge in [-0.15, -0.1) is 10.2 Å². The molecule has 0 atom stereocenters. The van der Waals surface area contributed by atoms with Crippen molar-refractivity contribution in [2.45, 2.75) is 18.2 Å². The third-order valence-electron chi connectivity index (χ3n) is 2.84. The Morgan fingerprint density at radius 3 is 2.95 bits per heavy atom. The lowest BCUT2D eigenvalue weighted by Gasteiger charge is -2.06. The molecule has 1 aromatic heterocycles. The zero-order valence-corrected chi connectivity index (χ0v) is 11.8. The standard InChI is InChI=1S/C11H12N4O2S2/c1-7-13-14-11(18-7)15-19(16,17)9-2-3-10-8(6-9)4-5-12-10/h2-3,6,12H,4-5H2,1H3,(H,14,15). The van der Waals surface area contributed by atoms with Gasteiger partial charge >= 0.3 is 0 Å². The maximum atomic E-state index is 12.2. The Kier molecular flexibility index (Phi) is 2.90. The molecule has 8 heteroatoms. The van der Waals surface area contributed by atoms with Gasteiger partial charge in [-0.2, -0.15) is 0 Å². The number of nitrogens with one attached hydrogen (secondary N) is 2. The maximum Gasteiger partial charge on any atom is 0.263 e. The summed E-state index contributed by atoms with van der Waals surface area (Å²) in [6, 6.07) is 5.08. The van der Waals surface area contributed by atoms with Crippen molar-refractivity contribution < 1.29 is 8.42 Å². The van der Waals surface area contributed by atoms with E-state index in [2.05, 4.69) is 20.2 Å². The van der Waals surface area contributed by atoms with Crippen LogP contribution in [0.1, 0.15) is 10.6 Å². The van der Waals surface area contributed by atoms with Gasteiger partial charge in [-0.3, -0.25) is 4.72 Å². The molecule has 0 bridgehead atoms. The van der Waals surface area contributed by atoms with Crippen LogP contribution in [0.25, 0.3) is 0 Å². The van der Waals surface area contributed by atoms with Crippen LogP contribution >= 0.6 is 11.3 Å². The molecular weight excluding hydrogens is 284 g/mol. The number of sulfonamides is 1. The number of aryl methyl sites for hydroxylation is 1. The number of hydrogen-bond acceptors (Lipinski definition) is 6. The Balaban J connectivity index is 1.92. The first-order valence-electron chi connectivity index (χ1n) is 5.74. The summed E-state index contributed by atoms with van der Waals surface area (Å²) < 4.78 is 26.9. The summed E-state index contributed by atoms with van der Waals surface area (Å²) in [5.41, 5.74) is 2.03. The number of nitrogens with zero attached hydrogens (tertiary/aromatic N) is 2. The molecular formula is C11H12N4O2S2. The first-order chi connectivity index (χ1) is 9.04. The number of anilines is 2. The summed E-state index contributed by atoms with van der Waals surface area (Å²) in [6.07, 6.45) is 0.844. The molecule has 0 fully saturated rings. The summed E-state index contributed by atoms with van der Waals surface area (Å²) in [4.78, 5) is 0.253. The molecule has 19 heavy (non-hydrogen) atoms. The minimum atomic E-state index is -3.59. The van der Waals surface area contributed by atoms with Gasteiger partial charge in [0.25, 0.3) is 10.0 Å². The second-order valence-electron chi connectivity index (χ2n) is 4.23. The minimum Gasteiger partial charge on any atom is -0.384 e. The molecule has 0 aliphatic carbocycles. The molecule has 2 aromatic rings. The van der Waals surface area contributed by atoms with Gasteiger partial charge in [0.2, 0.25) is 5.13 Å². The second-order valence-corrected chi connectivity index (χ2v) is 7.09. The summed E-state index contributed by atoms with van der Waals surface area (Å²) in [5, 5.41) is 11.8. The lowest BCUT2D eigenvalue weighted by atomic mass is 10.2. The lowest BCUT2D eigenvalue weighted by Crippen LogP contribution is -2.13. The van der Waals surface area contributed by atoms with Gasteiger partial charge in [0.1, 0.15) is 5.01 Å². The zero-order chi connectivity index (χ0) is 13.5. The van der Waals surface area contributed by atoms with Crippen molar-refractivity contribution in [2.24, 2.45) is 0 Å². The number of aromatic nitrogens is 2. The highest BCUT2D eigenvalue weighted by Crippen LogP contribution is 2.26. The van der Waals surface area contributed by atoms with Crippen LogP contribution in [0, 0.1) is 6.92 Å². The van der Waals surface area contributed by atoms with Gasteiger partial charge in [0.15, 0.2) is 0 Å². The maximum absolute atomic E-state index is 12.2. The fourth-order valence-electron chi connectivity index (χ4n) is 1.96. The van der Waals surface area contributed by atoms with Gasteiger partial charge in [0, 0.05) is 12.2 Å². The fraction of sp³-hybridized carbons (Fsp3) is 0.273. The third kappa shape index (κ3) is 2.41. The van der Waals surface area contributed by atoms with Crippen LogP contribution in [0.3, 0.4) is 0 Å². The first-order valence-corrected chi connectivity index (χ1v) is 8.04. The van der Waals surface area contributed by atoms with E-state index in [1.54, 1.807) is 25.1 Å². The molecule has 0 unspecified atom stereocenters. The highest BCUT2D eigenvalue weighted by atomic mass is 32.2. The van der Waals surface area contributed by atoms with E-state index in [4.69, 9.17) is 0 Å². The van der Waals surface area contributed by atoms with Crippen LogP contribution in [-0.2, 0) is 16.4 Å². The van der Waals surface area contributed by atoms with E-state index in [0.717, 1.165) is 29.2 Å². The Morgan fingerprint density at radius 1 is 1.37 bits per heavy atom. The summed E-state index contributed by atoms with van der Waals surface area (Å²) >= 11 is 1.21. The Bertz CT molecular complexity index is 724. The van der Waals surface area contributed by atoms with Crippen molar-refractivity contribution in [1.82, 2.24) is 10.2 Å². The van der Waals surface area contributed by atoms with Gasteiger partial charge in [-0.25, -0.2) is 8.42 Å². The van der Waals surface area contributed by atoms with E-state index in [1.807, 2.05) is 0 Å². The molecule has 1 aliphatic rings. The summed E-state index contributed by atoms with van der Waals surface area (Å²) in [6.45, 7) is 2.62. The quantitative estimate of drug-likeness (QED) is 0.899. The largest absolute Gasteiger partial charge is 0.384 e. The number of hydrogen-bond donors (Lipinski definition) is 2. The molecule has 3 rings (SSSR count). The van der Waals surface area contributed by atoms with Crippen LogP contribution in [0.5, 0.6) is 0 Å². The predicted octanol–water partition coefficient (Wildman–Crippen LogP) is 1.62. The first kappa shape index (κ1) is 12.4. The second kappa shape index (κ2) is 4.46. The van der Waals surface area contributed by atoms with Crippen LogP contribution in [-0.4, -0.2) is 25.2 Å². The molecule has 1 aliphatic heterocycles. The molecule has 1 aromatic carbocycles. The topological polar surface area (TPSA) is 84.0 Å². The molecule has 2 heterocycles. The molecule has 6 nitrogen and oxygen atoms in total. The molecule has 0 radical (unpaired) electrons. The molecule has 0 spiro atoms. The van der Waals surface area contributed by atoms with E-state index < -0.39 is 10.0 Å². The van der Waals surface area contributed by atoms with Gasteiger partial charge in [-0.05, 0) is 37.1 Å². The van der Waals surface area contributed by atoms with E-state index in [0.29, 0.717) is 0 Å². The fourth-order valence-corrected chi connectivity index (χ4v) is 3.83. The van der Waals surface area contributed by atoms with Crippen LogP contribution in [0.15, 0.2) is 23.1 Å². The Morgan fingerprint density at radius 2 is 2.21 bits per heavy atom. The van der Waals surface area contributed by atoms with Crippen molar-refractivity contribution in [2.75, 3.05) is 16.6 Å². The van der Waals surface area contributed by atoms with Crippen molar-refractivity contribution >= 4 is 32.2 Å². The average Bonchev–Trinajstić information content (AvgIpc) is 2.96. The van der Waals surface area contributed by atoms with Crippen molar-refractivity contribution in [3.63, 3.8) is 0 Å². The molecule has 0 saturated carbocycles. The molecule has 100 valence electrons. The normalized spacial score (nSPS) is 13.9. The monoisotopic (exact) mass is 296 g/mol. The molecule has 2 N–H and O–H groups in total. The van der Waals surface area contributed by atoms with E-state index in [-0.39, 0.29) is 10.0 Å². The predicted molar refractivity (Wildman–Crippen MR) is 74.1 cm³/mol. The minimum absolute atomic E-state index is 0.253. The number of benzene rings is 1. The SMILES string of the molecule is Cc1nnc(NS(=O)(=O)c2ccc3c(c2)CCN3)s1. The van der Waals surface area contributed by atoms with E-state index >= 15 is 0 Å². The van der Waals surface area contributed by atoms with Crippen molar-refractivity contribution in [1.29, 1.82) is 0 Å². The van der Waals surface area contributed by atoms with Gasteiger partial charge in [-0.1, -0.05) is 11.3 Å². The third-order valence-corrected chi connectivity index (χ3v) is 5.06. The number of fused-ring (bicyclic) bond motifs is 1. The molecule has 0 amide bonds. The van der Waals surface area contributed by atoms with Gasteiger partial charge < -0.3 is 5.32 Å². The lowest BCUT2D eigenvalue weighted by molar-refractivity contribution is 0.601. The summed E-state index contributed by atoms with van der Waals surface area (Å²) in [7, 11) is -3.59. The zero-order valence-electron chi connectivity index (χ0n) is 10.2. The smallest absolute Gasteiger partial charge is 0.263 e. The highest BCUT2D eigenvalue weighted by Gasteiger charge is 2.19. The van der Waals surface area contributed by atoms with E-state index in [9.17, 15) is 8.42 Å². The number of rotatable bonds is 3. The summed E-state index contributed by atoms with van der Waals surface area (Å²) in [5.74, 6) is 0. The highest BCUT2D eigenvalue weighted by molar-refractivity contribution is 7.93. The Labute approximate surface area is 114 Å². The molecule has 0 saturated heterocycles. The van der Waals surface area contributed by atoms with Crippen LogP contribution < -0.4 is 10.0 Å². The Hall–Kier alpha value is -1.67. The van der Waals surface area contributed by atoms with Crippen LogP contribution in [0.2, 0.25) is 0 Å². The van der Waals surface area contributed by atoms with Crippen molar-refractivity contribution in [3.05, 3.63) is 28.8 Å². The van der Waals surface area contributed by atoms with E-state index in [1.165, 1.54) is 11.3 Å². The van der Waals surface area contributed by atoms with Crippen LogP contribution in [0.4, 0.5) is 10.8 Å². The average molecular weight is 296 g/mol. The van der Waals surface area contributed by atoms with Gasteiger partial charge in [0.05, 0.1) is 4.90 Å².